The van der Waals surface area contributed by atoms with E-state index in [1.54, 1.807) is 36.8 Å². The molecule has 1 aromatic heterocycles. The van der Waals surface area contributed by atoms with Gasteiger partial charge in [-0.15, -0.1) is 0 Å². The van der Waals surface area contributed by atoms with E-state index in [1.807, 2.05) is 35.9 Å². The lowest BCUT2D eigenvalue weighted by molar-refractivity contribution is 0.195. The average Bonchev–Trinajstić information content (AvgIpc) is 3.18. The molecule has 2 aromatic carbocycles. The van der Waals surface area contributed by atoms with E-state index in [2.05, 4.69) is 4.98 Å². The summed E-state index contributed by atoms with van der Waals surface area (Å²) in [5.74, 6) is 1.36. The smallest absolute Gasteiger partial charge is 0.147 e. The number of allylic oxidation sites excluding steroid dienone is 1. The summed E-state index contributed by atoms with van der Waals surface area (Å²) < 4.78 is 13.6. The van der Waals surface area contributed by atoms with E-state index in [9.17, 15) is 0 Å². The number of aromatic nitrogens is 2. The van der Waals surface area contributed by atoms with Gasteiger partial charge in [0, 0.05) is 28.0 Å². The zero-order valence-corrected chi connectivity index (χ0v) is 16.8. The van der Waals surface area contributed by atoms with Crippen molar-refractivity contribution >= 4 is 46.3 Å². The first-order valence-corrected chi connectivity index (χ1v) is 9.34. The molecule has 140 valence electrons. The molecule has 0 aliphatic heterocycles. The summed E-state index contributed by atoms with van der Waals surface area (Å²) in [6, 6.07) is 12.5. The van der Waals surface area contributed by atoms with Crippen LogP contribution >= 0.6 is 34.8 Å². The number of halogens is 3. The SMILES string of the molecule is C/C(=C(/OCCOc1ccc(Cl)cc1)c1ccc(Cl)cc1Cl)n1ccnc1. The quantitative estimate of drug-likeness (QED) is 0.331. The number of hydrogen-bond acceptors (Lipinski definition) is 3. The Morgan fingerprint density at radius 1 is 1.00 bits per heavy atom. The van der Waals surface area contributed by atoms with Gasteiger partial charge in [-0.1, -0.05) is 34.8 Å². The second-order valence-electron chi connectivity index (χ2n) is 5.66. The van der Waals surface area contributed by atoms with Crippen molar-refractivity contribution in [3.63, 3.8) is 0 Å². The minimum atomic E-state index is 0.336. The van der Waals surface area contributed by atoms with Gasteiger partial charge in [-0.25, -0.2) is 4.98 Å². The lowest BCUT2D eigenvalue weighted by Crippen LogP contribution is -2.08. The van der Waals surface area contributed by atoms with Crippen molar-refractivity contribution in [1.29, 1.82) is 0 Å². The van der Waals surface area contributed by atoms with Crippen molar-refractivity contribution in [1.82, 2.24) is 9.55 Å². The van der Waals surface area contributed by atoms with E-state index in [-0.39, 0.29) is 0 Å². The lowest BCUT2D eigenvalue weighted by Gasteiger charge is -2.17. The van der Waals surface area contributed by atoms with Crippen LogP contribution in [0.1, 0.15) is 12.5 Å². The Labute approximate surface area is 172 Å². The molecule has 4 nitrogen and oxygen atoms in total. The Morgan fingerprint density at radius 2 is 1.74 bits per heavy atom. The summed E-state index contributed by atoms with van der Waals surface area (Å²) in [6.07, 6.45) is 5.24. The van der Waals surface area contributed by atoms with E-state index < -0.39 is 0 Å². The molecule has 1 heterocycles. The molecule has 0 aliphatic rings. The molecule has 3 rings (SSSR count). The summed E-state index contributed by atoms with van der Waals surface area (Å²) in [5.41, 5.74) is 1.60. The van der Waals surface area contributed by atoms with E-state index in [4.69, 9.17) is 44.3 Å². The van der Waals surface area contributed by atoms with Crippen LogP contribution in [0.2, 0.25) is 15.1 Å². The molecular formula is C20H17Cl3N2O2. The summed E-state index contributed by atoms with van der Waals surface area (Å²) in [6.45, 7) is 2.64. The molecule has 0 saturated heterocycles. The number of ether oxygens (including phenoxy) is 2. The molecule has 7 heteroatoms. The Hall–Kier alpha value is -2.14. The normalized spacial score (nSPS) is 11.9. The molecule has 0 saturated carbocycles. The van der Waals surface area contributed by atoms with Crippen LogP contribution in [-0.4, -0.2) is 22.8 Å². The molecule has 27 heavy (non-hydrogen) atoms. The monoisotopic (exact) mass is 422 g/mol. The standard InChI is InChI=1S/C20H17Cl3N2O2/c1-14(25-9-8-24-13-25)20(18-7-4-16(22)12-19(18)23)27-11-10-26-17-5-2-15(21)3-6-17/h2-9,12-13H,10-11H2,1H3/b20-14-. The molecule has 0 radical (unpaired) electrons. The van der Waals surface area contributed by atoms with E-state index >= 15 is 0 Å². The molecule has 0 bridgehead atoms. The maximum absolute atomic E-state index is 6.39. The van der Waals surface area contributed by atoms with Crippen LogP contribution in [0, 0.1) is 0 Å². The third kappa shape index (κ3) is 5.19. The fourth-order valence-electron chi connectivity index (χ4n) is 2.46. The first-order valence-electron chi connectivity index (χ1n) is 8.20. The van der Waals surface area contributed by atoms with Crippen LogP contribution in [0.3, 0.4) is 0 Å². The zero-order valence-electron chi connectivity index (χ0n) is 14.5. The summed E-state index contributed by atoms with van der Waals surface area (Å²) >= 11 is 18.3. The van der Waals surface area contributed by atoms with Crippen molar-refractivity contribution < 1.29 is 9.47 Å². The maximum atomic E-state index is 6.39. The van der Waals surface area contributed by atoms with Gasteiger partial charge >= 0.3 is 0 Å². The van der Waals surface area contributed by atoms with Gasteiger partial charge in [0.15, 0.2) is 0 Å². The van der Waals surface area contributed by atoms with Gasteiger partial charge in [0.25, 0.3) is 0 Å². The van der Waals surface area contributed by atoms with Crippen LogP contribution in [-0.2, 0) is 4.74 Å². The lowest BCUT2D eigenvalue weighted by atomic mass is 10.1. The number of hydrogen-bond donors (Lipinski definition) is 0. The largest absolute Gasteiger partial charge is 0.490 e. The second kappa shape index (κ2) is 9.18. The van der Waals surface area contributed by atoms with Crippen molar-refractivity contribution in [3.8, 4) is 5.75 Å². The zero-order chi connectivity index (χ0) is 19.2. The third-order valence-electron chi connectivity index (χ3n) is 3.81. The molecule has 0 spiro atoms. The summed E-state index contributed by atoms with van der Waals surface area (Å²) in [7, 11) is 0. The highest BCUT2D eigenvalue weighted by atomic mass is 35.5. The van der Waals surface area contributed by atoms with Gasteiger partial charge in [-0.2, -0.15) is 0 Å². The fourth-order valence-corrected chi connectivity index (χ4v) is 3.08. The number of imidazole rings is 1. The minimum absolute atomic E-state index is 0.336. The summed E-state index contributed by atoms with van der Waals surface area (Å²) in [5, 5.41) is 1.74. The summed E-state index contributed by atoms with van der Waals surface area (Å²) in [4.78, 5) is 4.08. The van der Waals surface area contributed by atoms with Crippen molar-refractivity contribution in [2.24, 2.45) is 0 Å². The van der Waals surface area contributed by atoms with Crippen LogP contribution < -0.4 is 4.74 Å². The molecule has 3 aromatic rings. The van der Waals surface area contributed by atoms with Gasteiger partial charge in [-0.05, 0) is 49.4 Å². The molecule has 0 fully saturated rings. The number of benzene rings is 2. The highest BCUT2D eigenvalue weighted by molar-refractivity contribution is 6.35. The predicted octanol–water partition coefficient (Wildman–Crippen LogP) is 6.28. The Kier molecular flexibility index (Phi) is 6.67. The van der Waals surface area contributed by atoms with Gasteiger partial charge in [0.05, 0.1) is 17.0 Å². The van der Waals surface area contributed by atoms with E-state index in [1.165, 1.54) is 0 Å². The predicted molar refractivity (Wildman–Crippen MR) is 110 cm³/mol. The molecule has 0 unspecified atom stereocenters. The number of nitrogens with zero attached hydrogens (tertiary/aromatic N) is 2. The van der Waals surface area contributed by atoms with Crippen molar-refractivity contribution in [3.05, 3.63) is 81.8 Å². The van der Waals surface area contributed by atoms with E-state index in [0.717, 1.165) is 17.0 Å². The number of rotatable bonds is 7. The topological polar surface area (TPSA) is 36.3 Å². The highest BCUT2D eigenvalue weighted by Crippen LogP contribution is 2.31. The minimum Gasteiger partial charge on any atom is -0.490 e. The first kappa shape index (κ1) is 19.6. The maximum Gasteiger partial charge on any atom is 0.147 e. The Bertz CT molecular complexity index is 923. The molecule has 0 aliphatic carbocycles. The van der Waals surface area contributed by atoms with Gasteiger partial charge in [0.1, 0.15) is 24.7 Å². The first-order chi connectivity index (χ1) is 13.0. The van der Waals surface area contributed by atoms with Gasteiger partial charge < -0.3 is 14.0 Å². The van der Waals surface area contributed by atoms with Gasteiger partial charge in [0.2, 0.25) is 0 Å². The highest BCUT2D eigenvalue weighted by Gasteiger charge is 2.14. The molecule has 0 N–H and O–H groups in total. The molecule has 0 amide bonds. The van der Waals surface area contributed by atoms with Gasteiger partial charge in [-0.3, -0.25) is 0 Å². The fraction of sp³-hybridized carbons (Fsp3) is 0.150. The third-order valence-corrected chi connectivity index (χ3v) is 4.61. The average molecular weight is 424 g/mol. The van der Waals surface area contributed by atoms with Crippen LogP contribution in [0.25, 0.3) is 11.5 Å². The van der Waals surface area contributed by atoms with E-state index in [0.29, 0.717) is 34.0 Å². The Balaban J connectivity index is 1.76. The van der Waals surface area contributed by atoms with Crippen LogP contribution in [0.4, 0.5) is 0 Å². The van der Waals surface area contributed by atoms with Crippen molar-refractivity contribution in [2.75, 3.05) is 13.2 Å². The Morgan fingerprint density at radius 3 is 2.41 bits per heavy atom. The second-order valence-corrected chi connectivity index (χ2v) is 6.94. The van der Waals surface area contributed by atoms with Crippen LogP contribution in [0.5, 0.6) is 5.75 Å². The van der Waals surface area contributed by atoms with Crippen LogP contribution in [0.15, 0.2) is 61.2 Å². The van der Waals surface area contributed by atoms with Crippen molar-refractivity contribution in [2.45, 2.75) is 6.92 Å². The molecule has 0 atom stereocenters. The molecular weight excluding hydrogens is 407 g/mol.